The molecule has 6 heteroatoms. The quantitative estimate of drug-likeness (QED) is 0.735. The number of hydrogen-bond donors (Lipinski definition) is 2. The molecule has 2 amide bonds. The van der Waals surface area contributed by atoms with Crippen molar-refractivity contribution < 1.29 is 19.1 Å². The van der Waals surface area contributed by atoms with Crippen LogP contribution in [-0.4, -0.2) is 24.2 Å². The predicted molar refractivity (Wildman–Crippen MR) is 103 cm³/mol. The molecule has 1 fully saturated rings. The van der Waals surface area contributed by atoms with E-state index in [9.17, 15) is 14.4 Å². The van der Waals surface area contributed by atoms with E-state index in [0.717, 1.165) is 5.75 Å². The smallest absolute Gasteiger partial charge is 0.228 e. The first-order chi connectivity index (χ1) is 13.0. The lowest BCUT2D eigenvalue weighted by molar-refractivity contribution is -0.122. The number of hydrogen-bond acceptors (Lipinski definition) is 4. The summed E-state index contributed by atoms with van der Waals surface area (Å²) < 4.78 is 5.37. The van der Waals surface area contributed by atoms with Crippen LogP contribution in [0.3, 0.4) is 0 Å². The summed E-state index contributed by atoms with van der Waals surface area (Å²) in [4.78, 5) is 35.9. The molecule has 6 nitrogen and oxygen atoms in total. The van der Waals surface area contributed by atoms with Crippen molar-refractivity contribution in [3.63, 3.8) is 0 Å². The van der Waals surface area contributed by atoms with Gasteiger partial charge in [-0.2, -0.15) is 0 Å². The van der Waals surface area contributed by atoms with Crippen molar-refractivity contribution in [2.24, 2.45) is 11.8 Å². The van der Waals surface area contributed by atoms with Crippen molar-refractivity contribution in [1.29, 1.82) is 0 Å². The van der Waals surface area contributed by atoms with Gasteiger partial charge in [-0.3, -0.25) is 14.4 Å². The zero-order chi connectivity index (χ0) is 19.4. The van der Waals surface area contributed by atoms with Gasteiger partial charge in [0, 0.05) is 16.9 Å². The lowest BCUT2D eigenvalue weighted by Crippen LogP contribution is -2.20. The molecule has 0 bridgehead atoms. The molecule has 1 saturated carbocycles. The standard InChI is InChI=1S/C21H22N2O4/c1-3-27-17-10-8-16(9-11-17)23-21(26)19-12-18(19)20(25)22-15-6-4-14(5-7-15)13(2)24/h4-11,18-19H,3,12H2,1-2H3,(H,22,25)(H,23,26). The molecule has 0 aromatic heterocycles. The van der Waals surface area contributed by atoms with E-state index in [-0.39, 0.29) is 29.4 Å². The van der Waals surface area contributed by atoms with Crippen LogP contribution in [0.4, 0.5) is 11.4 Å². The number of anilines is 2. The van der Waals surface area contributed by atoms with Crippen molar-refractivity contribution in [3.8, 4) is 5.75 Å². The van der Waals surface area contributed by atoms with Gasteiger partial charge in [0.15, 0.2) is 5.78 Å². The van der Waals surface area contributed by atoms with Crippen LogP contribution in [0.15, 0.2) is 48.5 Å². The lowest BCUT2D eigenvalue weighted by Gasteiger charge is -2.08. The lowest BCUT2D eigenvalue weighted by atomic mass is 10.1. The molecule has 0 radical (unpaired) electrons. The first kappa shape index (κ1) is 18.6. The summed E-state index contributed by atoms with van der Waals surface area (Å²) >= 11 is 0. The van der Waals surface area contributed by atoms with Crippen molar-refractivity contribution >= 4 is 29.0 Å². The maximum atomic E-state index is 12.3. The fraction of sp³-hybridized carbons (Fsp3) is 0.286. The van der Waals surface area contributed by atoms with E-state index in [4.69, 9.17) is 4.74 Å². The molecule has 2 unspecified atom stereocenters. The second-order valence-electron chi connectivity index (χ2n) is 6.52. The average molecular weight is 366 g/mol. The van der Waals surface area contributed by atoms with Gasteiger partial charge in [0.1, 0.15) is 5.75 Å². The number of carbonyl (C=O) groups is 3. The largest absolute Gasteiger partial charge is 0.494 e. The summed E-state index contributed by atoms with van der Waals surface area (Å²) in [5.41, 5.74) is 1.88. The Morgan fingerprint density at radius 1 is 0.889 bits per heavy atom. The zero-order valence-corrected chi connectivity index (χ0v) is 15.3. The second-order valence-corrected chi connectivity index (χ2v) is 6.52. The van der Waals surface area contributed by atoms with Crippen LogP contribution in [-0.2, 0) is 9.59 Å². The molecule has 3 rings (SSSR count). The molecular formula is C21H22N2O4. The number of carbonyl (C=O) groups excluding carboxylic acids is 3. The van der Waals surface area contributed by atoms with Crippen LogP contribution in [0, 0.1) is 11.8 Å². The van der Waals surface area contributed by atoms with E-state index in [1.54, 1.807) is 48.5 Å². The van der Waals surface area contributed by atoms with Gasteiger partial charge in [-0.25, -0.2) is 0 Å². The Kier molecular flexibility index (Phi) is 5.54. The second kappa shape index (κ2) is 8.03. The van der Waals surface area contributed by atoms with Gasteiger partial charge >= 0.3 is 0 Å². The molecule has 2 atom stereocenters. The van der Waals surface area contributed by atoms with Gasteiger partial charge in [0.2, 0.25) is 11.8 Å². The first-order valence-electron chi connectivity index (χ1n) is 8.93. The number of ketones is 1. The summed E-state index contributed by atoms with van der Waals surface area (Å²) in [5, 5.41) is 5.62. The fourth-order valence-electron chi connectivity index (χ4n) is 2.83. The summed E-state index contributed by atoms with van der Waals surface area (Å²) in [7, 11) is 0. The van der Waals surface area contributed by atoms with Crippen molar-refractivity contribution in [1.82, 2.24) is 0 Å². The maximum Gasteiger partial charge on any atom is 0.228 e. The third-order valence-corrected chi connectivity index (χ3v) is 4.46. The molecule has 0 saturated heterocycles. The molecule has 140 valence electrons. The summed E-state index contributed by atoms with van der Waals surface area (Å²) in [5.74, 6) is -0.284. The molecule has 2 aromatic rings. The number of benzene rings is 2. The summed E-state index contributed by atoms with van der Waals surface area (Å²) in [6, 6.07) is 13.8. The van der Waals surface area contributed by atoms with Crippen LogP contribution < -0.4 is 15.4 Å². The van der Waals surface area contributed by atoms with E-state index in [0.29, 0.717) is 30.0 Å². The van der Waals surface area contributed by atoms with Gasteiger partial charge in [0.05, 0.1) is 18.4 Å². The highest BCUT2D eigenvalue weighted by atomic mass is 16.5. The van der Waals surface area contributed by atoms with E-state index in [1.165, 1.54) is 6.92 Å². The maximum absolute atomic E-state index is 12.3. The highest BCUT2D eigenvalue weighted by molar-refractivity contribution is 6.03. The Morgan fingerprint density at radius 2 is 1.37 bits per heavy atom. The number of Topliss-reactive ketones (excluding diaryl/α,β-unsaturated/α-hetero) is 1. The monoisotopic (exact) mass is 366 g/mol. The van der Waals surface area contributed by atoms with Gasteiger partial charge < -0.3 is 15.4 Å². The van der Waals surface area contributed by atoms with Crippen molar-refractivity contribution in [2.45, 2.75) is 20.3 Å². The Hall–Kier alpha value is -3.15. The Bertz CT molecular complexity index is 843. The van der Waals surface area contributed by atoms with E-state index in [2.05, 4.69) is 10.6 Å². The van der Waals surface area contributed by atoms with E-state index >= 15 is 0 Å². The molecule has 1 aliphatic carbocycles. The minimum Gasteiger partial charge on any atom is -0.494 e. The minimum atomic E-state index is -0.333. The van der Waals surface area contributed by atoms with Gasteiger partial charge in [0.25, 0.3) is 0 Å². The Labute approximate surface area is 157 Å². The van der Waals surface area contributed by atoms with Gasteiger partial charge in [-0.05, 0) is 68.8 Å². The Balaban J connectivity index is 1.51. The topological polar surface area (TPSA) is 84.5 Å². The van der Waals surface area contributed by atoms with Crippen LogP contribution in [0.1, 0.15) is 30.6 Å². The SMILES string of the molecule is CCOc1ccc(NC(=O)C2CC2C(=O)Nc2ccc(C(C)=O)cc2)cc1. The highest BCUT2D eigenvalue weighted by Crippen LogP contribution is 2.40. The van der Waals surface area contributed by atoms with Crippen LogP contribution in [0.25, 0.3) is 0 Å². The minimum absolute atomic E-state index is 0.0268. The molecule has 0 aliphatic heterocycles. The molecule has 2 aromatic carbocycles. The first-order valence-corrected chi connectivity index (χ1v) is 8.93. The van der Waals surface area contributed by atoms with Crippen molar-refractivity contribution in [3.05, 3.63) is 54.1 Å². The third-order valence-electron chi connectivity index (χ3n) is 4.46. The molecule has 1 aliphatic rings. The molecular weight excluding hydrogens is 344 g/mol. The van der Waals surface area contributed by atoms with Crippen LogP contribution in [0.2, 0.25) is 0 Å². The van der Waals surface area contributed by atoms with Crippen LogP contribution in [0.5, 0.6) is 5.75 Å². The molecule has 0 spiro atoms. The highest BCUT2D eigenvalue weighted by Gasteiger charge is 2.48. The third kappa shape index (κ3) is 4.73. The van der Waals surface area contributed by atoms with E-state index < -0.39 is 0 Å². The normalized spacial score (nSPS) is 17.7. The van der Waals surface area contributed by atoms with E-state index in [1.807, 2.05) is 6.92 Å². The predicted octanol–water partition coefficient (Wildman–Crippen LogP) is 3.50. The molecule has 2 N–H and O–H groups in total. The number of amides is 2. The number of ether oxygens (including phenoxy) is 1. The van der Waals surface area contributed by atoms with Crippen molar-refractivity contribution in [2.75, 3.05) is 17.2 Å². The number of rotatable bonds is 7. The molecule has 0 heterocycles. The zero-order valence-electron chi connectivity index (χ0n) is 15.3. The summed E-state index contributed by atoms with van der Waals surface area (Å²) in [6.45, 7) is 3.99. The van der Waals surface area contributed by atoms with Gasteiger partial charge in [-0.15, -0.1) is 0 Å². The van der Waals surface area contributed by atoms with Gasteiger partial charge in [-0.1, -0.05) is 0 Å². The van der Waals surface area contributed by atoms with Crippen LogP contribution >= 0.6 is 0 Å². The Morgan fingerprint density at radius 3 is 1.81 bits per heavy atom. The molecule has 27 heavy (non-hydrogen) atoms. The number of nitrogens with one attached hydrogen (secondary N) is 2. The fourth-order valence-corrected chi connectivity index (χ4v) is 2.83. The summed E-state index contributed by atoms with van der Waals surface area (Å²) in [6.07, 6.45) is 0.528. The average Bonchev–Trinajstić information content (AvgIpc) is 3.45.